The van der Waals surface area contributed by atoms with E-state index in [-0.39, 0.29) is 11.2 Å². The van der Waals surface area contributed by atoms with E-state index in [0.29, 0.717) is 16.8 Å². The van der Waals surface area contributed by atoms with Gasteiger partial charge in [-0.25, -0.2) is 4.39 Å². The number of phenolic OH excluding ortho intramolecular Hbond substituents is 1. The SMILES string of the molecule is CCCCCC12CCC(c3nnc(-c4ccc(O)c(F)c4)n3C)(CC1)CC2. The molecule has 2 aromatic rings. The van der Waals surface area contributed by atoms with Crippen molar-refractivity contribution in [2.75, 3.05) is 0 Å². The van der Waals surface area contributed by atoms with E-state index in [9.17, 15) is 9.50 Å². The summed E-state index contributed by atoms with van der Waals surface area (Å²) in [5.74, 6) is 0.762. The van der Waals surface area contributed by atoms with Gasteiger partial charge in [0.2, 0.25) is 0 Å². The van der Waals surface area contributed by atoms with Gasteiger partial charge in [-0.2, -0.15) is 0 Å². The summed E-state index contributed by atoms with van der Waals surface area (Å²) in [5, 5.41) is 18.4. The molecule has 3 saturated carbocycles. The number of hydrogen-bond donors (Lipinski definition) is 1. The fourth-order valence-electron chi connectivity index (χ4n) is 5.41. The number of unbranched alkanes of at least 4 members (excludes halogenated alkanes) is 2. The Morgan fingerprint density at radius 2 is 1.78 bits per heavy atom. The van der Waals surface area contributed by atoms with Gasteiger partial charge < -0.3 is 9.67 Å². The lowest BCUT2D eigenvalue weighted by molar-refractivity contribution is 0.0250. The standard InChI is InChI=1S/C22H30FN3O/c1-3-4-5-8-21-9-12-22(13-10-21,14-11-21)20-25-24-19(26(20)2)16-6-7-18(27)17(23)15-16/h6-7,15,27H,3-5,8-14H2,1-2H3. The van der Waals surface area contributed by atoms with Crippen LogP contribution in [0.2, 0.25) is 0 Å². The average molecular weight is 372 g/mol. The molecule has 1 aromatic heterocycles. The first-order valence-electron chi connectivity index (χ1n) is 10.4. The molecule has 1 N–H and O–H groups in total. The molecule has 1 aromatic carbocycles. The van der Waals surface area contributed by atoms with E-state index in [0.717, 1.165) is 5.82 Å². The van der Waals surface area contributed by atoms with Crippen molar-refractivity contribution in [2.24, 2.45) is 12.5 Å². The zero-order valence-electron chi connectivity index (χ0n) is 16.5. The van der Waals surface area contributed by atoms with Gasteiger partial charge in [0.05, 0.1) is 0 Å². The number of hydrogen-bond acceptors (Lipinski definition) is 3. The number of nitrogens with zero attached hydrogens (tertiary/aromatic N) is 3. The third-order valence-electron chi connectivity index (χ3n) is 7.27. The van der Waals surface area contributed by atoms with Gasteiger partial charge in [-0.15, -0.1) is 10.2 Å². The summed E-state index contributed by atoms with van der Waals surface area (Å²) in [6.07, 6.45) is 12.9. The molecule has 0 saturated heterocycles. The number of aromatic nitrogens is 3. The maximum Gasteiger partial charge on any atom is 0.165 e. The molecule has 3 fully saturated rings. The normalized spacial score (nSPS) is 27.2. The Balaban J connectivity index is 1.56. The first-order chi connectivity index (χ1) is 13.0. The Labute approximate surface area is 160 Å². The Morgan fingerprint density at radius 3 is 2.41 bits per heavy atom. The molecule has 146 valence electrons. The second-order valence-corrected chi connectivity index (χ2v) is 8.81. The quantitative estimate of drug-likeness (QED) is 0.682. The molecule has 4 nitrogen and oxygen atoms in total. The lowest BCUT2D eigenvalue weighted by atomic mass is 9.52. The van der Waals surface area contributed by atoms with Crippen molar-refractivity contribution in [2.45, 2.75) is 76.5 Å². The number of phenols is 1. The first kappa shape index (κ1) is 18.5. The molecule has 0 unspecified atom stereocenters. The molecule has 0 aliphatic heterocycles. The van der Waals surface area contributed by atoms with E-state index in [2.05, 4.69) is 17.1 Å². The van der Waals surface area contributed by atoms with Crippen molar-refractivity contribution in [3.63, 3.8) is 0 Å². The van der Waals surface area contributed by atoms with Crippen LogP contribution in [0.25, 0.3) is 11.4 Å². The summed E-state index contributed by atoms with van der Waals surface area (Å²) < 4.78 is 15.8. The third kappa shape index (κ3) is 3.15. The molecule has 2 bridgehead atoms. The lowest BCUT2D eigenvalue weighted by Gasteiger charge is -2.53. The van der Waals surface area contributed by atoms with Crippen LogP contribution in [0, 0.1) is 11.2 Å². The number of fused-ring (bicyclic) bond motifs is 3. The highest BCUT2D eigenvalue weighted by atomic mass is 19.1. The Morgan fingerprint density at radius 1 is 1.07 bits per heavy atom. The van der Waals surface area contributed by atoms with Crippen molar-refractivity contribution >= 4 is 0 Å². The molecule has 5 rings (SSSR count). The van der Waals surface area contributed by atoms with Crippen molar-refractivity contribution in [1.29, 1.82) is 0 Å². The van der Waals surface area contributed by atoms with Crippen LogP contribution in [-0.4, -0.2) is 19.9 Å². The minimum Gasteiger partial charge on any atom is -0.505 e. The molecule has 0 radical (unpaired) electrons. The highest BCUT2D eigenvalue weighted by Gasteiger charge is 2.51. The van der Waals surface area contributed by atoms with E-state index in [1.165, 1.54) is 76.3 Å². The van der Waals surface area contributed by atoms with Crippen molar-refractivity contribution in [3.05, 3.63) is 29.8 Å². The fraction of sp³-hybridized carbons (Fsp3) is 0.636. The highest BCUT2D eigenvalue weighted by Crippen LogP contribution is 2.59. The smallest absolute Gasteiger partial charge is 0.165 e. The minimum absolute atomic E-state index is 0.127. The van der Waals surface area contributed by atoms with Gasteiger partial charge in [-0.3, -0.25) is 0 Å². The van der Waals surface area contributed by atoms with E-state index in [4.69, 9.17) is 0 Å². The Hall–Kier alpha value is -1.91. The van der Waals surface area contributed by atoms with E-state index in [1.807, 2.05) is 11.6 Å². The zero-order chi connectivity index (χ0) is 19.1. The molecule has 0 atom stereocenters. The Kier molecular flexibility index (Phi) is 4.73. The molecule has 27 heavy (non-hydrogen) atoms. The van der Waals surface area contributed by atoms with Gasteiger partial charge in [-0.1, -0.05) is 26.2 Å². The molecular weight excluding hydrogens is 341 g/mol. The predicted molar refractivity (Wildman–Crippen MR) is 104 cm³/mol. The van der Waals surface area contributed by atoms with Gasteiger partial charge in [-0.05, 0) is 68.6 Å². The number of rotatable bonds is 6. The maximum atomic E-state index is 13.8. The summed E-state index contributed by atoms with van der Waals surface area (Å²) in [7, 11) is 1.99. The summed E-state index contributed by atoms with van der Waals surface area (Å²) >= 11 is 0. The van der Waals surface area contributed by atoms with Crippen molar-refractivity contribution < 1.29 is 9.50 Å². The number of halogens is 1. The lowest BCUT2D eigenvalue weighted by Crippen LogP contribution is -2.45. The van der Waals surface area contributed by atoms with Crippen molar-refractivity contribution in [1.82, 2.24) is 14.8 Å². The molecule has 0 amide bonds. The van der Waals surface area contributed by atoms with Gasteiger partial charge in [0, 0.05) is 18.0 Å². The van der Waals surface area contributed by atoms with Crippen molar-refractivity contribution in [3.8, 4) is 17.1 Å². The zero-order valence-corrected chi connectivity index (χ0v) is 16.5. The van der Waals surface area contributed by atoms with E-state index < -0.39 is 5.82 Å². The summed E-state index contributed by atoms with van der Waals surface area (Å²) in [6, 6.07) is 4.41. The van der Waals surface area contributed by atoms with Crippen LogP contribution in [0.3, 0.4) is 0 Å². The number of benzene rings is 1. The topological polar surface area (TPSA) is 50.9 Å². The average Bonchev–Trinajstić information content (AvgIpc) is 3.08. The van der Waals surface area contributed by atoms with Crippen LogP contribution in [0.1, 0.15) is 77.0 Å². The molecule has 0 spiro atoms. The summed E-state index contributed by atoms with van der Waals surface area (Å²) in [4.78, 5) is 0. The summed E-state index contributed by atoms with van der Waals surface area (Å²) in [6.45, 7) is 2.27. The Bertz CT molecular complexity index is 804. The molecule has 1 heterocycles. The van der Waals surface area contributed by atoms with Crippen LogP contribution < -0.4 is 0 Å². The van der Waals surface area contributed by atoms with Crippen LogP contribution in [0.15, 0.2) is 18.2 Å². The minimum atomic E-state index is -0.623. The molecule has 3 aliphatic rings. The third-order valence-corrected chi connectivity index (χ3v) is 7.27. The predicted octanol–water partition coefficient (Wildman–Crippen LogP) is 5.50. The summed E-state index contributed by atoms with van der Waals surface area (Å²) in [5.41, 5.74) is 1.35. The van der Waals surface area contributed by atoms with Crippen LogP contribution in [0.5, 0.6) is 5.75 Å². The second kappa shape index (κ2) is 6.92. The van der Waals surface area contributed by atoms with Gasteiger partial charge in [0.1, 0.15) is 5.82 Å². The van der Waals surface area contributed by atoms with Gasteiger partial charge in [0.25, 0.3) is 0 Å². The largest absolute Gasteiger partial charge is 0.505 e. The first-order valence-corrected chi connectivity index (χ1v) is 10.4. The maximum absolute atomic E-state index is 13.8. The fourth-order valence-corrected chi connectivity index (χ4v) is 5.41. The number of aromatic hydroxyl groups is 1. The second-order valence-electron chi connectivity index (χ2n) is 8.81. The molecular formula is C22H30FN3O. The highest BCUT2D eigenvalue weighted by molar-refractivity contribution is 5.57. The van der Waals surface area contributed by atoms with Gasteiger partial charge in [0.15, 0.2) is 17.4 Å². The van der Waals surface area contributed by atoms with E-state index in [1.54, 1.807) is 6.07 Å². The van der Waals surface area contributed by atoms with Crippen LogP contribution >= 0.6 is 0 Å². The van der Waals surface area contributed by atoms with Crippen LogP contribution in [-0.2, 0) is 12.5 Å². The van der Waals surface area contributed by atoms with E-state index >= 15 is 0 Å². The molecule has 3 aliphatic carbocycles. The van der Waals surface area contributed by atoms with Crippen LogP contribution in [0.4, 0.5) is 4.39 Å². The van der Waals surface area contributed by atoms with Gasteiger partial charge >= 0.3 is 0 Å². The monoisotopic (exact) mass is 371 g/mol. The molecule has 5 heteroatoms.